The lowest BCUT2D eigenvalue weighted by molar-refractivity contribution is -0.139. The average Bonchev–Trinajstić information content (AvgIpc) is 2.34. The minimum atomic E-state index is 0.402. The third kappa shape index (κ3) is 3.23. The van der Waals surface area contributed by atoms with Gasteiger partial charge in [-0.3, -0.25) is 0 Å². The van der Waals surface area contributed by atoms with Crippen molar-refractivity contribution in [3.05, 3.63) is 0 Å². The van der Waals surface area contributed by atoms with Gasteiger partial charge in [0.2, 0.25) is 0 Å². The van der Waals surface area contributed by atoms with Gasteiger partial charge in [-0.2, -0.15) is 0 Å². The molecule has 1 aliphatic carbocycles. The van der Waals surface area contributed by atoms with Crippen LogP contribution in [-0.2, 0) is 4.74 Å². The number of hydrogen-bond acceptors (Lipinski definition) is 2. The molecule has 0 amide bonds. The summed E-state index contributed by atoms with van der Waals surface area (Å²) >= 11 is 0. The van der Waals surface area contributed by atoms with Gasteiger partial charge in [0.25, 0.3) is 0 Å². The number of ether oxygens (including phenoxy) is 1. The van der Waals surface area contributed by atoms with Crippen LogP contribution < -0.4 is 5.32 Å². The molecule has 1 aliphatic rings. The van der Waals surface area contributed by atoms with Crippen molar-refractivity contribution >= 4 is 0 Å². The van der Waals surface area contributed by atoms with Crippen LogP contribution in [0.1, 0.15) is 65.7 Å². The highest BCUT2D eigenvalue weighted by Crippen LogP contribution is 2.48. The van der Waals surface area contributed by atoms with Crippen LogP contribution in [0.2, 0.25) is 0 Å². The van der Waals surface area contributed by atoms with Crippen molar-refractivity contribution in [1.29, 1.82) is 0 Å². The van der Waals surface area contributed by atoms with Crippen LogP contribution >= 0.6 is 0 Å². The van der Waals surface area contributed by atoms with Crippen LogP contribution in [0, 0.1) is 5.41 Å². The molecule has 0 spiro atoms. The molecular formula is C15H31NO. The van der Waals surface area contributed by atoms with E-state index in [-0.39, 0.29) is 0 Å². The highest BCUT2D eigenvalue weighted by atomic mass is 16.5. The summed E-state index contributed by atoms with van der Waals surface area (Å²) in [4.78, 5) is 0. The lowest BCUT2D eigenvalue weighted by Gasteiger charge is -2.55. The molecule has 2 nitrogen and oxygen atoms in total. The highest BCUT2D eigenvalue weighted by Gasteiger charge is 2.52. The van der Waals surface area contributed by atoms with Crippen molar-refractivity contribution < 1.29 is 4.74 Å². The average molecular weight is 241 g/mol. The number of unbranched alkanes of at least 4 members (excludes halogenated alkanes) is 3. The number of hydrogen-bond donors (Lipinski definition) is 1. The molecule has 1 saturated carbocycles. The maximum Gasteiger partial charge on any atom is 0.0661 e. The van der Waals surface area contributed by atoms with Crippen LogP contribution in [-0.4, -0.2) is 25.8 Å². The van der Waals surface area contributed by atoms with Gasteiger partial charge in [0, 0.05) is 18.1 Å². The molecular weight excluding hydrogens is 210 g/mol. The summed E-state index contributed by atoms with van der Waals surface area (Å²) in [6, 6.07) is 0.665. The van der Waals surface area contributed by atoms with Crippen molar-refractivity contribution in [2.75, 3.05) is 13.7 Å². The zero-order valence-electron chi connectivity index (χ0n) is 12.2. The molecule has 1 fully saturated rings. The number of rotatable bonds is 9. The third-order valence-electron chi connectivity index (χ3n) is 4.77. The van der Waals surface area contributed by atoms with E-state index in [0.717, 1.165) is 6.61 Å². The molecule has 0 aromatic carbocycles. The monoisotopic (exact) mass is 241 g/mol. The Morgan fingerprint density at radius 1 is 1.12 bits per heavy atom. The first-order valence-electron chi connectivity index (χ1n) is 7.54. The first-order chi connectivity index (χ1) is 8.25. The Kier molecular flexibility index (Phi) is 6.50. The lowest BCUT2D eigenvalue weighted by Crippen LogP contribution is -2.62. The normalized spacial score (nSPS) is 26.8. The van der Waals surface area contributed by atoms with Crippen LogP contribution in [0.5, 0.6) is 0 Å². The predicted molar refractivity (Wildman–Crippen MR) is 74.4 cm³/mol. The summed E-state index contributed by atoms with van der Waals surface area (Å²) in [7, 11) is 2.09. The Hall–Kier alpha value is -0.0800. The van der Waals surface area contributed by atoms with Gasteiger partial charge in [0.1, 0.15) is 0 Å². The second kappa shape index (κ2) is 7.38. The molecule has 2 unspecified atom stereocenters. The minimum Gasteiger partial charge on any atom is -0.378 e. The van der Waals surface area contributed by atoms with E-state index < -0.39 is 0 Å². The number of nitrogens with one attached hydrogen (secondary N) is 1. The molecule has 0 aromatic heterocycles. The van der Waals surface area contributed by atoms with Crippen molar-refractivity contribution in [3.8, 4) is 0 Å². The summed E-state index contributed by atoms with van der Waals surface area (Å²) in [6.45, 7) is 7.83. The standard InChI is InChI=1S/C15H31NO/c1-5-8-9-10-11-17-14-12-13(16-4)15(14,6-2)7-3/h13-14,16H,5-12H2,1-4H3. The molecule has 1 N–H and O–H groups in total. The predicted octanol–water partition coefficient (Wildman–Crippen LogP) is 3.75. The van der Waals surface area contributed by atoms with Crippen molar-refractivity contribution in [1.82, 2.24) is 5.32 Å². The van der Waals surface area contributed by atoms with Gasteiger partial charge in [-0.1, -0.05) is 40.0 Å². The molecule has 2 heteroatoms. The van der Waals surface area contributed by atoms with Crippen molar-refractivity contribution in [2.24, 2.45) is 5.41 Å². The first kappa shape index (κ1) is 15.0. The molecule has 0 heterocycles. The Balaban J connectivity index is 2.29. The Labute approximate surface area is 108 Å². The van der Waals surface area contributed by atoms with Crippen LogP contribution in [0.3, 0.4) is 0 Å². The van der Waals surface area contributed by atoms with E-state index >= 15 is 0 Å². The molecule has 0 aliphatic heterocycles. The minimum absolute atomic E-state index is 0.402. The van der Waals surface area contributed by atoms with E-state index in [1.54, 1.807) is 0 Å². The lowest BCUT2D eigenvalue weighted by atomic mass is 9.58. The van der Waals surface area contributed by atoms with Gasteiger partial charge in [0.15, 0.2) is 0 Å². The smallest absolute Gasteiger partial charge is 0.0661 e. The van der Waals surface area contributed by atoms with Crippen LogP contribution in [0.25, 0.3) is 0 Å². The summed E-state index contributed by atoms with van der Waals surface area (Å²) in [5.74, 6) is 0. The third-order valence-corrected chi connectivity index (χ3v) is 4.77. The topological polar surface area (TPSA) is 21.3 Å². The van der Waals surface area contributed by atoms with E-state index in [0.29, 0.717) is 17.6 Å². The largest absolute Gasteiger partial charge is 0.378 e. The molecule has 0 bridgehead atoms. The molecule has 1 rings (SSSR count). The quantitative estimate of drug-likeness (QED) is 0.621. The van der Waals surface area contributed by atoms with Crippen molar-refractivity contribution in [2.45, 2.75) is 77.9 Å². The highest BCUT2D eigenvalue weighted by molar-refractivity contribution is 5.06. The second-order valence-corrected chi connectivity index (χ2v) is 5.44. The summed E-state index contributed by atoms with van der Waals surface area (Å²) in [5, 5.41) is 3.45. The van der Waals surface area contributed by atoms with E-state index in [9.17, 15) is 0 Å². The molecule has 2 atom stereocenters. The Morgan fingerprint density at radius 3 is 2.35 bits per heavy atom. The fourth-order valence-corrected chi connectivity index (χ4v) is 3.34. The summed E-state index contributed by atoms with van der Waals surface area (Å²) in [6.07, 6.45) is 9.37. The zero-order chi connectivity index (χ0) is 12.7. The molecule has 0 aromatic rings. The zero-order valence-corrected chi connectivity index (χ0v) is 12.2. The molecule has 102 valence electrons. The van der Waals surface area contributed by atoms with Gasteiger partial charge >= 0.3 is 0 Å². The van der Waals surface area contributed by atoms with Gasteiger partial charge in [-0.25, -0.2) is 0 Å². The summed E-state index contributed by atoms with van der Waals surface area (Å²) in [5.41, 5.74) is 0.402. The first-order valence-corrected chi connectivity index (χ1v) is 7.54. The van der Waals surface area contributed by atoms with Gasteiger partial charge in [-0.15, -0.1) is 0 Å². The molecule has 0 saturated heterocycles. The maximum absolute atomic E-state index is 6.11. The molecule has 17 heavy (non-hydrogen) atoms. The fraction of sp³-hybridized carbons (Fsp3) is 1.00. The maximum atomic E-state index is 6.11. The van der Waals surface area contributed by atoms with Crippen LogP contribution in [0.15, 0.2) is 0 Å². The SMILES string of the molecule is CCCCCCOC1CC(NC)C1(CC)CC. The van der Waals surface area contributed by atoms with Crippen molar-refractivity contribution in [3.63, 3.8) is 0 Å². The Morgan fingerprint density at radius 2 is 1.82 bits per heavy atom. The second-order valence-electron chi connectivity index (χ2n) is 5.44. The van der Waals surface area contributed by atoms with E-state index in [1.807, 2.05) is 0 Å². The van der Waals surface area contributed by atoms with Gasteiger partial charge in [0.05, 0.1) is 6.10 Å². The van der Waals surface area contributed by atoms with Crippen LogP contribution in [0.4, 0.5) is 0 Å². The Bertz CT molecular complexity index is 201. The van der Waals surface area contributed by atoms with Gasteiger partial charge < -0.3 is 10.1 Å². The van der Waals surface area contributed by atoms with E-state index in [4.69, 9.17) is 4.74 Å². The fourth-order valence-electron chi connectivity index (χ4n) is 3.34. The van der Waals surface area contributed by atoms with E-state index in [1.165, 1.54) is 44.9 Å². The van der Waals surface area contributed by atoms with Gasteiger partial charge in [-0.05, 0) is 32.7 Å². The molecule has 0 radical (unpaired) electrons. The van der Waals surface area contributed by atoms with E-state index in [2.05, 4.69) is 33.1 Å². The summed E-state index contributed by atoms with van der Waals surface area (Å²) < 4.78 is 6.11.